The number of pyridine rings is 1. The third kappa shape index (κ3) is 3.69. The molecule has 0 saturated heterocycles. The summed E-state index contributed by atoms with van der Waals surface area (Å²) >= 11 is 0. The zero-order chi connectivity index (χ0) is 31.3. The molecule has 9 aromatic rings. The minimum absolute atomic E-state index is 0.180. The van der Waals surface area contributed by atoms with E-state index in [4.69, 9.17) is 4.98 Å². The zero-order valence-corrected chi connectivity index (χ0v) is 26.4. The van der Waals surface area contributed by atoms with Gasteiger partial charge in [-0.3, -0.25) is 0 Å². The van der Waals surface area contributed by atoms with Gasteiger partial charge in [-0.25, -0.2) is 4.98 Å². The van der Waals surface area contributed by atoms with E-state index < -0.39 is 0 Å². The summed E-state index contributed by atoms with van der Waals surface area (Å²) < 4.78 is 0. The molecule has 0 aliphatic heterocycles. The maximum Gasteiger partial charge on any atom is 0.0759 e. The fourth-order valence-corrected chi connectivity index (χ4v) is 8.41. The molecule has 1 heterocycles. The molecule has 1 aliphatic rings. The van der Waals surface area contributed by atoms with E-state index in [0.717, 1.165) is 11.2 Å². The minimum atomic E-state index is -0.180. The van der Waals surface area contributed by atoms with Gasteiger partial charge >= 0.3 is 0 Å². The summed E-state index contributed by atoms with van der Waals surface area (Å²) in [6.45, 7) is 4.72. The predicted octanol–water partition coefficient (Wildman–Crippen LogP) is 12.5. The first kappa shape index (κ1) is 26.4. The van der Waals surface area contributed by atoms with Crippen LogP contribution >= 0.6 is 0 Å². The molecule has 0 fully saturated rings. The van der Waals surface area contributed by atoms with Crippen molar-refractivity contribution in [1.29, 1.82) is 0 Å². The van der Waals surface area contributed by atoms with Crippen molar-refractivity contribution in [2.75, 3.05) is 0 Å². The van der Waals surface area contributed by atoms with Gasteiger partial charge in [0.1, 0.15) is 0 Å². The lowest BCUT2D eigenvalue weighted by atomic mass is 9.78. The van der Waals surface area contributed by atoms with Crippen molar-refractivity contribution >= 4 is 54.0 Å². The zero-order valence-electron chi connectivity index (χ0n) is 26.4. The van der Waals surface area contributed by atoms with E-state index in [1.54, 1.807) is 0 Å². The van der Waals surface area contributed by atoms with Gasteiger partial charge in [0.2, 0.25) is 0 Å². The largest absolute Gasteiger partial charge is 0.247 e. The molecule has 8 aromatic carbocycles. The summed E-state index contributed by atoms with van der Waals surface area (Å²) in [6, 6.07) is 55.8. The van der Waals surface area contributed by atoms with Gasteiger partial charge in [0.15, 0.2) is 0 Å². The number of nitrogens with zero attached hydrogens (tertiary/aromatic N) is 1. The minimum Gasteiger partial charge on any atom is -0.247 e. The van der Waals surface area contributed by atoms with Gasteiger partial charge in [-0.1, -0.05) is 153 Å². The molecule has 0 atom stereocenters. The lowest BCUT2D eigenvalue weighted by molar-refractivity contribution is 0.662. The third-order valence-electron chi connectivity index (χ3n) is 10.6. The molecule has 47 heavy (non-hydrogen) atoms. The molecule has 0 spiro atoms. The highest BCUT2D eigenvalue weighted by Gasteiger charge is 2.39. The molecule has 0 unspecified atom stereocenters. The van der Waals surface area contributed by atoms with Crippen molar-refractivity contribution in [3.63, 3.8) is 0 Å². The van der Waals surface area contributed by atoms with Gasteiger partial charge in [0.25, 0.3) is 0 Å². The summed E-state index contributed by atoms with van der Waals surface area (Å²) in [5.74, 6) is 0. The average Bonchev–Trinajstić information content (AvgIpc) is 3.36. The SMILES string of the molecule is CC1(C)c2ccccc2-c2nc3ccc4ccccc4c3c(-c3ccc(-c4ccc5c6ccccc6c6ccccc6c5c4)cc3)c21. The summed E-state index contributed by atoms with van der Waals surface area (Å²) in [6.07, 6.45) is 0. The normalized spacial score (nSPS) is 13.5. The number of hydrogen-bond acceptors (Lipinski definition) is 1. The van der Waals surface area contributed by atoms with E-state index in [9.17, 15) is 0 Å². The Morgan fingerprint density at radius 2 is 1.00 bits per heavy atom. The average molecular weight is 598 g/mol. The van der Waals surface area contributed by atoms with Crippen molar-refractivity contribution in [3.05, 3.63) is 163 Å². The fraction of sp³-hybridized carbons (Fsp3) is 0.0652. The number of benzene rings is 8. The van der Waals surface area contributed by atoms with Gasteiger partial charge in [0, 0.05) is 16.4 Å². The Morgan fingerprint density at radius 3 is 1.72 bits per heavy atom. The second kappa shape index (κ2) is 9.61. The van der Waals surface area contributed by atoms with Crippen LogP contribution in [0.15, 0.2) is 152 Å². The summed E-state index contributed by atoms with van der Waals surface area (Å²) in [7, 11) is 0. The van der Waals surface area contributed by atoms with Crippen molar-refractivity contribution in [2.24, 2.45) is 0 Å². The van der Waals surface area contributed by atoms with Gasteiger partial charge in [-0.2, -0.15) is 0 Å². The number of hydrogen-bond donors (Lipinski definition) is 0. The highest BCUT2D eigenvalue weighted by molar-refractivity contribution is 6.25. The van der Waals surface area contributed by atoms with Gasteiger partial charge < -0.3 is 0 Å². The highest BCUT2D eigenvalue weighted by atomic mass is 14.7. The van der Waals surface area contributed by atoms with Crippen LogP contribution in [0, 0.1) is 0 Å². The molecule has 0 amide bonds. The first-order chi connectivity index (χ1) is 23.1. The van der Waals surface area contributed by atoms with Crippen LogP contribution in [0.2, 0.25) is 0 Å². The molecule has 0 N–H and O–H groups in total. The Labute approximate surface area is 273 Å². The molecule has 1 aromatic heterocycles. The predicted molar refractivity (Wildman–Crippen MR) is 200 cm³/mol. The van der Waals surface area contributed by atoms with Crippen LogP contribution in [0.25, 0.3) is 87.5 Å². The second-order valence-corrected chi connectivity index (χ2v) is 13.5. The topological polar surface area (TPSA) is 12.9 Å². The molecule has 220 valence electrons. The van der Waals surface area contributed by atoms with Crippen LogP contribution < -0.4 is 0 Å². The van der Waals surface area contributed by atoms with E-state index in [2.05, 4.69) is 166 Å². The Bertz CT molecular complexity index is 2710. The maximum absolute atomic E-state index is 5.37. The quantitative estimate of drug-likeness (QED) is 0.181. The Kier molecular flexibility index (Phi) is 5.40. The number of aromatic nitrogens is 1. The fourth-order valence-electron chi connectivity index (χ4n) is 8.41. The summed E-state index contributed by atoms with van der Waals surface area (Å²) in [5, 5.41) is 11.5. The molecule has 1 heteroatoms. The summed E-state index contributed by atoms with van der Waals surface area (Å²) in [4.78, 5) is 5.37. The van der Waals surface area contributed by atoms with Crippen LogP contribution in [0.3, 0.4) is 0 Å². The van der Waals surface area contributed by atoms with Crippen LogP contribution in [-0.4, -0.2) is 4.98 Å². The molecule has 1 nitrogen and oxygen atoms in total. The van der Waals surface area contributed by atoms with E-state index in [-0.39, 0.29) is 5.41 Å². The lowest BCUT2D eigenvalue weighted by Gasteiger charge is -2.25. The van der Waals surface area contributed by atoms with Crippen molar-refractivity contribution < 1.29 is 0 Å². The van der Waals surface area contributed by atoms with E-state index >= 15 is 0 Å². The Hall–Kier alpha value is -5.79. The van der Waals surface area contributed by atoms with E-state index in [1.165, 1.54) is 87.4 Å². The maximum atomic E-state index is 5.37. The van der Waals surface area contributed by atoms with Gasteiger partial charge in [-0.15, -0.1) is 0 Å². The molecule has 10 rings (SSSR count). The molecule has 0 bridgehead atoms. The molecular formula is C46H31N. The van der Waals surface area contributed by atoms with Gasteiger partial charge in [0.05, 0.1) is 11.2 Å². The second-order valence-electron chi connectivity index (χ2n) is 13.5. The van der Waals surface area contributed by atoms with E-state index in [0.29, 0.717) is 0 Å². The van der Waals surface area contributed by atoms with Crippen LogP contribution in [0.1, 0.15) is 25.0 Å². The number of fused-ring (bicyclic) bond motifs is 12. The standard InChI is InChI=1S/C46H31N/c1-46(2)40-18-10-9-17-38(40)45-44(46)42(43-32-12-4-3-11-29(32)24-26-41(43)47-45)30-21-19-28(20-22-30)31-23-25-37-35-15-6-5-13-33(35)34-14-7-8-16-36(34)39(37)27-31/h3-27H,1-2H3. The van der Waals surface area contributed by atoms with Crippen LogP contribution in [0.5, 0.6) is 0 Å². The van der Waals surface area contributed by atoms with Crippen molar-refractivity contribution in [3.8, 4) is 33.5 Å². The Morgan fingerprint density at radius 1 is 0.447 bits per heavy atom. The highest BCUT2D eigenvalue weighted by Crippen LogP contribution is 2.54. The number of rotatable bonds is 2. The molecule has 0 saturated carbocycles. The first-order valence-electron chi connectivity index (χ1n) is 16.5. The third-order valence-corrected chi connectivity index (χ3v) is 10.6. The van der Waals surface area contributed by atoms with Crippen molar-refractivity contribution in [1.82, 2.24) is 4.98 Å². The summed E-state index contributed by atoms with van der Waals surface area (Å²) in [5.41, 5.74) is 10.9. The first-order valence-corrected chi connectivity index (χ1v) is 16.5. The monoisotopic (exact) mass is 597 g/mol. The lowest BCUT2D eigenvalue weighted by Crippen LogP contribution is -2.16. The van der Waals surface area contributed by atoms with Gasteiger partial charge in [-0.05, 0) is 88.6 Å². The molecular weight excluding hydrogens is 567 g/mol. The van der Waals surface area contributed by atoms with Crippen LogP contribution in [-0.2, 0) is 5.41 Å². The van der Waals surface area contributed by atoms with Crippen molar-refractivity contribution in [2.45, 2.75) is 19.3 Å². The Balaban J connectivity index is 1.21. The van der Waals surface area contributed by atoms with Crippen LogP contribution in [0.4, 0.5) is 0 Å². The molecule has 0 radical (unpaired) electrons. The molecule has 1 aliphatic carbocycles. The smallest absolute Gasteiger partial charge is 0.0759 e. The van der Waals surface area contributed by atoms with E-state index in [1.807, 2.05) is 0 Å².